The number of rotatable bonds is 3. The monoisotopic (exact) mass is 417 g/mol. The van der Waals surface area contributed by atoms with Gasteiger partial charge >= 0.3 is 0 Å². The van der Waals surface area contributed by atoms with E-state index >= 15 is 0 Å². The molecule has 0 heterocycles. The second-order valence-electron chi connectivity index (χ2n) is 3.92. The minimum Gasteiger partial charge on any atom is -0.497 e. The number of halogens is 2. The third-order valence-corrected chi connectivity index (χ3v) is 4.11. The molecule has 0 bridgehead atoms. The third-order valence-electron chi connectivity index (χ3n) is 2.75. The SMILES string of the molecule is COc1ccc(C(N)c2cccc(I)c2)c(Br)c1. The zero-order valence-corrected chi connectivity index (χ0v) is 13.6. The van der Waals surface area contributed by atoms with Crippen molar-refractivity contribution in [1.82, 2.24) is 0 Å². The average molecular weight is 418 g/mol. The highest BCUT2D eigenvalue weighted by atomic mass is 127. The third kappa shape index (κ3) is 3.05. The lowest BCUT2D eigenvalue weighted by atomic mass is 10.00. The molecule has 2 N–H and O–H groups in total. The van der Waals surface area contributed by atoms with E-state index in [-0.39, 0.29) is 6.04 Å². The van der Waals surface area contributed by atoms with Crippen molar-refractivity contribution in [3.63, 3.8) is 0 Å². The molecule has 0 aliphatic heterocycles. The van der Waals surface area contributed by atoms with E-state index in [1.165, 1.54) is 3.57 Å². The molecule has 0 fully saturated rings. The van der Waals surface area contributed by atoms with Crippen LogP contribution in [0.4, 0.5) is 0 Å². The smallest absolute Gasteiger partial charge is 0.120 e. The van der Waals surface area contributed by atoms with E-state index in [0.717, 1.165) is 21.3 Å². The summed E-state index contributed by atoms with van der Waals surface area (Å²) < 4.78 is 7.33. The molecule has 2 nitrogen and oxygen atoms in total. The molecule has 1 unspecified atom stereocenters. The highest BCUT2D eigenvalue weighted by Crippen LogP contribution is 2.30. The van der Waals surface area contributed by atoms with Crippen LogP contribution in [-0.2, 0) is 0 Å². The van der Waals surface area contributed by atoms with Gasteiger partial charge in [0.2, 0.25) is 0 Å². The van der Waals surface area contributed by atoms with Crippen LogP contribution in [0, 0.1) is 3.57 Å². The van der Waals surface area contributed by atoms with Gasteiger partial charge in [-0.25, -0.2) is 0 Å². The highest BCUT2D eigenvalue weighted by molar-refractivity contribution is 14.1. The second-order valence-corrected chi connectivity index (χ2v) is 6.02. The first-order valence-corrected chi connectivity index (χ1v) is 7.33. The van der Waals surface area contributed by atoms with Gasteiger partial charge in [0.05, 0.1) is 13.2 Å². The highest BCUT2D eigenvalue weighted by Gasteiger charge is 2.13. The Bertz CT molecular complexity index is 559. The summed E-state index contributed by atoms with van der Waals surface area (Å²) in [5.41, 5.74) is 8.46. The van der Waals surface area contributed by atoms with Gasteiger partial charge in [-0.2, -0.15) is 0 Å². The van der Waals surface area contributed by atoms with Crippen molar-refractivity contribution in [1.29, 1.82) is 0 Å². The minimum absolute atomic E-state index is 0.139. The molecule has 0 saturated carbocycles. The summed E-state index contributed by atoms with van der Waals surface area (Å²) in [6.45, 7) is 0. The van der Waals surface area contributed by atoms with Crippen molar-refractivity contribution in [3.05, 3.63) is 61.6 Å². The fourth-order valence-corrected chi connectivity index (χ4v) is 2.94. The van der Waals surface area contributed by atoms with E-state index in [1.807, 2.05) is 30.3 Å². The van der Waals surface area contributed by atoms with Crippen LogP contribution in [0.25, 0.3) is 0 Å². The van der Waals surface area contributed by atoms with Crippen LogP contribution in [0.2, 0.25) is 0 Å². The van der Waals surface area contributed by atoms with Crippen molar-refractivity contribution in [2.75, 3.05) is 7.11 Å². The molecule has 0 aromatic heterocycles. The molecule has 1 atom stereocenters. The summed E-state index contributed by atoms with van der Waals surface area (Å²) in [7, 11) is 1.65. The van der Waals surface area contributed by atoms with Crippen molar-refractivity contribution in [2.24, 2.45) is 5.73 Å². The van der Waals surface area contributed by atoms with Gasteiger partial charge in [0.15, 0.2) is 0 Å². The molecule has 94 valence electrons. The van der Waals surface area contributed by atoms with Crippen LogP contribution in [0.3, 0.4) is 0 Å². The molecule has 0 aliphatic carbocycles. The van der Waals surface area contributed by atoms with E-state index < -0.39 is 0 Å². The summed E-state index contributed by atoms with van der Waals surface area (Å²) in [5, 5.41) is 0. The molecule has 0 radical (unpaired) electrons. The Morgan fingerprint density at radius 3 is 2.61 bits per heavy atom. The van der Waals surface area contributed by atoms with Crippen molar-refractivity contribution < 1.29 is 4.74 Å². The molecule has 0 spiro atoms. The fourth-order valence-electron chi connectivity index (χ4n) is 1.77. The Balaban J connectivity index is 2.37. The standard InChI is InChI=1S/C14H13BrINO/c1-18-11-5-6-12(13(15)8-11)14(17)9-3-2-4-10(16)7-9/h2-8,14H,17H2,1H3. The van der Waals surface area contributed by atoms with Gasteiger partial charge in [0.1, 0.15) is 5.75 Å². The van der Waals surface area contributed by atoms with Crippen LogP contribution in [0.15, 0.2) is 46.9 Å². The molecule has 4 heteroatoms. The lowest BCUT2D eigenvalue weighted by molar-refractivity contribution is 0.414. The number of nitrogens with two attached hydrogens (primary N) is 1. The summed E-state index contributed by atoms with van der Waals surface area (Å²) >= 11 is 5.83. The molecule has 2 aromatic rings. The normalized spacial score (nSPS) is 12.2. The van der Waals surface area contributed by atoms with Crippen molar-refractivity contribution in [3.8, 4) is 5.75 Å². The van der Waals surface area contributed by atoms with Crippen molar-refractivity contribution >= 4 is 38.5 Å². The molecule has 0 saturated heterocycles. The second kappa shape index (κ2) is 6.04. The van der Waals surface area contributed by atoms with Gasteiger partial charge in [-0.3, -0.25) is 0 Å². The maximum Gasteiger partial charge on any atom is 0.120 e. The van der Waals surface area contributed by atoms with Crippen LogP contribution in [0.1, 0.15) is 17.2 Å². The first kappa shape index (κ1) is 13.8. The van der Waals surface area contributed by atoms with E-state index in [9.17, 15) is 0 Å². The predicted octanol–water partition coefficient (Wildman–Crippen LogP) is 4.11. The molecular weight excluding hydrogens is 405 g/mol. The van der Waals surface area contributed by atoms with Gasteiger partial charge in [0.25, 0.3) is 0 Å². The topological polar surface area (TPSA) is 35.2 Å². The van der Waals surface area contributed by atoms with Crippen LogP contribution >= 0.6 is 38.5 Å². The molecule has 0 aliphatic rings. The maximum atomic E-state index is 6.30. The number of hydrogen-bond acceptors (Lipinski definition) is 2. The zero-order valence-electron chi connectivity index (χ0n) is 9.86. The maximum absolute atomic E-state index is 6.30. The quantitative estimate of drug-likeness (QED) is 0.762. The van der Waals surface area contributed by atoms with Gasteiger partial charge in [0, 0.05) is 8.04 Å². The van der Waals surface area contributed by atoms with Gasteiger partial charge in [-0.15, -0.1) is 0 Å². The molecule has 2 rings (SSSR count). The van der Waals surface area contributed by atoms with E-state index in [2.05, 4.69) is 50.7 Å². The molecule has 0 amide bonds. The van der Waals surface area contributed by atoms with Crippen molar-refractivity contribution in [2.45, 2.75) is 6.04 Å². The average Bonchev–Trinajstić information content (AvgIpc) is 2.37. The summed E-state index contributed by atoms with van der Waals surface area (Å²) in [5.74, 6) is 0.820. The fraction of sp³-hybridized carbons (Fsp3) is 0.143. The van der Waals surface area contributed by atoms with E-state index in [0.29, 0.717) is 0 Å². The van der Waals surface area contributed by atoms with Crippen LogP contribution in [0.5, 0.6) is 5.75 Å². The summed E-state index contributed by atoms with van der Waals surface area (Å²) in [6.07, 6.45) is 0. The first-order chi connectivity index (χ1) is 8.61. The van der Waals surface area contributed by atoms with E-state index in [1.54, 1.807) is 7.11 Å². The largest absolute Gasteiger partial charge is 0.497 e. The van der Waals surface area contributed by atoms with Gasteiger partial charge in [-0.1, -0.05) is 34.1 Å². The number of benzene rings is 2. The molecule has 2 aromatic carbocycles. The Morgan fingerprint density at radius 1 is 1.22 bits per heavy atom. The van der Waals surface area contributed by atoms with Crippen LogP contribution < -0.4 is 10.5 Å². The number of ether oxygens (including phenoxy) is 1. The lowest BCUT2D eigenvalue weighted by Crippen LogP contribution is -2.12. The van der Waals surface area contributed by atoms with Gasteiger partial charge in [-0.05, 0) is 58.0 Å². The number of hydrogen-bond donors (Lipinski definition) is 1. The molecular formula is C14H13BrINO. The Morgan fingerprint density at radius 2 is 2.00 bits per heavy atom. The summed E-state index contributed by atoms with van der Waals surface area (Å²) in [6, 6.07) is 13.9. The minimum atomic E-state index is -0.139. The Labute approximate surface area is 129 Å². The zero-order chi connectivity index (χ0) is 13.1. The first-order valence-electron chi connectivity index (χ1n) is 5.46. The van der Waals surface area contributed by atoms with Crippen LogP contribution in [-0.4, -0.2) is 7.11 Å². The Hall–Kier alpha value is -0.590. The summed E-state index contributed by atoms with van der Waals surface area (Å²) in [4.78, 5) is 0. The number of methoxy groups -OCH3 is 1. The predicted molar refractivity (Wildman–Crippen MR) is 85.9 cm³/mol. The Kier molecular flexibility index (Phi) is 4.64. The lowest BCUT2D eigenvalue weighted by Gasteiger charge is -2.15. The molecule has 18 heavy (non-hydrogen) atoms. The van der Waals surface area contributed by atoms with E-state index in [4.69, 9.17) is 10.5 Å². The van der Waals surface area contributed by atoms with Gasteiger partial charge < -0.3 is 10.5 Å².